The number of pyridine rings is 1. The molecule has 2 N–H and O–H groups in total. The summed E-state index contributed by atoms with van der Waals surface area (Å²) >= 11 is 0. The molecular formula is C15H23N3O. The Morgan fingerprint density at radius 1 is 1.42 bits per heavy atom. The van der Waals surface area contributed by atoms with Crippen LogP contribution in [-0.4, -0.2) is 36.3 Å². The van der Waals surface area contributed by atoms with Crippen LogP contribution in [-0.2, 0) is 11.2 Å². The van der Waals surface area contributed by atoms with Crippen LogP contribution in [0, 0.1) is 0 Å². The van der Waals surface area contributed by atoms with Gasteiger partial charge in [-0.25, -0.2) is 4.98 Å². The van der Waals surface area contributed by atoms with Crippen molar-refractivity contribution in [2.75, 3.05) is 18.0 Å². The molecule has 2 saturated heterocycles. The fraction of sp³-hybridized carbons (Fsp3) is 0.667. The average molecular weight is 261 g/mol. The van der Waals surface area contributed by atoms with Gasteiger partial charge in [-0.2, -0.15) is 0 Å². The van der Waals surface area contributed by atoms with Crippen molar-refractivity contribution in [1.82, 2.24) is 4.98 Å². The minimum atomic E-state index is 0.223. The molecule has 0 aliphatic carbocycles. The highest BCUT2D eigenvalue weighted by molar-refractivity contribution is 5.48. The summed E-state index contributed by atoms with van der Waals surface area (Å²) in [5.41, 5.74) is 7.38. The molecule has 2 bridgehead atoms. The molecule has 0 radical (unpaired) electrons. The van der Waals surface area contributed by atoms with Gasteiger partial charge < -0.3 is 15.4 Å². The van der Waals surface area contributed by atoms with E-state index in [0.717, 1.165) is 31.7 Å². The van der Waals surface area contributed by atoms with E-state index in [9.17, 15) is 0 Å². The zero-order chi connectivity index (χ0) is 13.2. The minimum absolute atomic E-state index is 0.223. The van der Waals surface area contributed by atoms with Crippen molar-refractivity contribution < 1.29 is 4.74 Å². The molecule has 3 unspecified atom stereocenters. The van der Waals surface area contributed by atoms with Crippen LogP contribution in [0.1, 0.15) is 31.7 Å². The number of hydrogen-bond donors (Lipinski definition) is 1. The van der Waals surface area contributed by atoms with Crippen LogP contribution in [0.4, 0.5) is 5.82 Å². The van der Waals surface area contributed by atoms with Crippen LogP contribution >= 0.6 is 0 Å². The van der Waals surface area contributed by atoms with E-state index in [-0.39, 0.29) is 6.04 Å². The topological polar surface area (TPSA) is 51.4 Å². The molecule has 19 heavy (non-hydrogen) atoms. The maximum Gasteiger partial charge on any atom is 0.131 e. The fourth-order valence-electron chi connectivity index (χ4n) is 3.09. The lowest BCUT2D eigenvalue weighted by molar-refractivity contribution is 0.0301. The summed E-state index contributed by atoms with van der Waals surface area (Å²) in [6.07, 6.45) is 6.97. The Morgan fingerprint density at radius 3 is 2.84 bits per heavy atom. The number of aromatic nitrogens is 1. The summed E-state index contributed by atoms with van der Waals surface area (Å²) in [6.45, 7) is 4.08. The first-order valence-corrected chi connectivity index (χ1v) is 7.36. The molecule has 4 nitrogen and oxygen atoms in total. The van der Waals surface area contributed by atoms with Crippen molar-refractivity contribution >= 4 is 5.82 Å². The Hall–Kier alpha value is -1.13. The molecule has 0 aromatic carbocycles. The van der Waals surface area contributed by atoms with E-state index < -0.39 is 0 Å². The van der Waals surface area contributed by atoms with Crippen LogP contribution in [0.2, 0.25) is 0 Å². The van der Waals surface area contributed by atoms with Crippen molar-refractivity contribution in [3.8, 4) is 0 Å². The first-order valence-electron chi connectivity index (χ1n) is 7.36. The molecule has 104 valence electrons. The Balaban J connectivity index is 1.80. The van der Waals surface area contributed by atoms with Gasteiger partial charge in [0.2, 0.25) is 0 Å². The maximum absolute atomic E-state index is 6.10. The third-order valence-corrected chi connectivity index (χ3v) is 4.22. The van der Waals surface area contributed by atoms with Crippen LogP contribution in [0.3, 0.4) is 0 Å². The minimum Gasteiger partial charge on any atom is -0.371 e. The van der Waals surface area contributed by atoms with Crippen molar-refractivity contribution in [3.63, 3.8) is 0 Å². The van der Waals surface area contributed by atoms with E-state index in [1.54, 1.807) is 0 Å². The largest absolute Gasteiger partial charge is 0.371 e. The van der Waals surface area contributed by atoms with E-state index in [1.165, 1.54) is 18.4 Å². The number of morpholine rings is 1. The highest BCUT2D eigenvalue weighted by Gasteiger charge is 2.34. The van der Waals surface area contributed by atoms with Crippen molar-refractivity contribution in [2.45, 2.75) is 50.9 Å². The normalized spacial score (nSPS) is 27.6. The monoisotopic (exact) mass is 261 g/mol. The summed E-state index contributed by atoms with van der Waals surface area (Å²) in [5.74, 6) is 1.12. The number of anilines is 1. The van der Waals surface area contributed by atoms with Crippen molar-refractivity contribution in [1.29, 1.82) is 0 Å². The molecule has 3 rings (SSSR count). The Bertz CT molecular complexity index is 425. The van der Waals surface area contributed by atoms with E-state index in [0.29, 0.717) is 12.2 Å². The lowest BCUT2D eigenvalue weighted by Gasteiger charge is -2.34. The fourth-order valence-corrected chi connectivity index (χ4v) is 3.09. The van der Waals surface area contributed by atoms with Crippen LogP contribution in [0.25, 0.3) is 0 Å². The van der Waals surface area contributed by atoms with Crippen molar-refractivity contribution in [3.05, 3.63) is 23.9 Å². The van der Waals surface area contributed by atoms with Crippen LogP contribution in [0.15, 0.2) is 18.3 Å². The van der Waals surface area contributed by atoms with E-state index in [2.05, 4.69) is 22.9 Å². The Morgan fingerprint density at radius 2 is 2.16 bits per heavy atom. The Kier molecular flexibility index (Phi) is 3.71. The van der Waals surface area contributed by atoms with Gasteiger partial charge in [-0.3, -0.25) is 0 Å². The zero-order valence-electron chi connectivity index (χ0n) is 11.6. The summed E-state index contributed by atoms with van der Waals surface area (Å²) in [5, 5.41) is 0. The SMILES string of the molecule is CCC(N)Cc1cccnc1N1CC2CCC(C1)O2. The van der Waals surface area contributed by atoms with Crippen LogP contribution in [0.5, 0.6) is 0 Å². The number of nitrogens with zero attached hydrogens (tertiary/aromatic N) is 2. The standard InChI is InChI=1S/C15H23N3O/c1-2-12(16)8-11-4-3-7-17-15(11)18-9-13-5-6-14(10-18)19-13/h3-4,7,12-14H,2,5-6,8-10,16H2,1H3. The summed E-state index contributed by atoms with van der Waals surface area (Å²) < 4.78 is 5.90. The molecule has 1 aromatic heterocycles. The quantitative estimate of drug-likeness (QED) is 0.897. The molecule has 0 spiro atoms. The second kappa shape index (κ2) is 5.47. The average Bonchev–Trinajstić information content (AvgIpc) is 2.78. The van der Waals surface area contributed by atoms with Gasteiger partial charge in [-0.05, 0) is 37.3 Å². The van der Waals surface area contributed by atoms with Gasteiger partial charge in [-0.1, -0.05) is 13.0 Å². The summed E-state index contributed by atoms with van der Waals surface area (Å²) in [7, 11) is 0. The Labute approximate surface area is 115 Å². The first kappa shape index (κ1) is 12.9. The number of hydrogen-bond acceptors (Lipinski definition) is 4. The lowest BCUT2D eigenvalue weighted by atomic mass is 10.0. The van der Waals surface area contributed by atoms with Gasteiger partial charge in [-0.15, -0.1) is 0 Å². The third kappa shape index (κ3) is 2.74. The second-order valence-corrected chi connectivity index (χ2v) is 5.72. The predicted molar refractivity (Wildman–Crippen MR) is 76.3 cm³/mol. The van der Waals surface area contributed by atoms with E-state index in [4.69, 9.17) is 10.5 Å². The van der Waals surface area contributed by atoms with Gasteiger partial charge in [0.25, 0.3) is 0 Å². The number of nitrogens with two attached hydrogens (primary N) is 1. The van der Waals surface area contributed by atoms with Gasteiger partial charge in [0.1, 0.15) is 5.82 Å². The van der Waals surface area contributed by atoms with Crippen molar-refractivity contribution in [2.24, 2.45) is 5.73 Å². The van der Waals surface area contributed by atoms with Crippen LogP contribution < -0.4 is 10.6 Å². The smallest absolute Gasteiger partial charge is 0.131 e. The molecule has 2 aliphatic heterocycles. The van der Waals surface area contributed by atoms with Gasteiger partial charge in [0.15, 0.2) is 0 Å². The molecule has 4 heteroatoms. The molecule has 2 fully saturated rings. The zero-order valence-corrected chi connectivity index (χ0v) is 11.6. The van der Waals surface area contributed by atoms with Gasteiger partial charge in [0, 0.05) is 25.3 Å². The summed E-state index contributed by atoms with van der Waals surface area (Å²) in [4.78, 5) is 6.99. The maximum atomic E-state index is 6.10. The number of rotatable bonds is 4. The highest BCUT2D eigenvalue weighted by Crippen LogP contribution is 2.30. The lowest BCUT2D eigenvalue weighted by Crippen LogP contribution is -2.43. The molecule has 3 heterocycles. The second-order valence-electron chi connectivity index (χ2n) is 5.72. The summed E-state index contributed by atoms with van der Waals surface area (Å²) in [6, 6.07) is 4.39. The molecule has 0 amide bonds. The molecule has 0 saturated carbocycles. The van der Waals surface area contributed by atoms with E-state index in [1.807, 2.05) is 12.3 Å². The molecule has 3 atom stereocenters. The van der Waals surface area contributed by atoms with E-state index >= 15 is 0 Å². The molecule has 2 aliphatic rings. The third-order valence-electron chi connectivity index (χ3n) is 4.22. The first-order chi connectivity index (χ1) is 9.26. The predicted octanol–water partition coefficient (Wildman–Crippen LogP) is 1.73. The number of ether oxygens (including phenoxy) is 1. The molecular weight excluding hydrogens is 238 g/mol. The van der Waals surface area contributed by atoms with Gasteiger partial charge in [0.05, 0.1) is 12.2 Å². The molecule has 1 aromatic rings. The highest BCUT2D eigenvalue weighted by atomic mass is 16.5. The number of fused-ring (bicyclic) bond motifs is 2. The van der Waals surface area contributed by atoms with Gasteiger partial charge >= 0.3 is 0 Å².